The van der Waals surface area contributed by atoms with Crippen molar-refractivity contribution < 1.29 is 9.72 Å². The van der Waals surface area contributed by atoms with Gasteiger partial charge in [0.1, 0.15) is 5.69 Å². The fraction of sp³-hybridized carbons (Fsp3) is 0.167. The van der Waals surface area contributed by atoms with E-state index >= 15 is 0 Å². The highest BCUT2D eigenvalue weighted by Crippen LogP contribution is 2.23. The number of nitro benzene ring substituents is 1. The van der Waals surface area contributed by atoms with Gasteiger partial charge in [0.25, 0.3) is 5.69 Å². The number of fused-ring (bicyclic) bond motifs is 1. The number of aromatic nitrogens is 1. The maximum Gasteiger partial charge on any atom is 0.292 e. The third kappa shape index (κ3) is 3.60. The van der Waals surface area contributed by atoms with Crippen LogP contribution in [0.2, 0.25) is 0 Å². The molecule has 1 amide bonds. The predicted molar refractivity (Wildman–Crippen MR) is 97.8 cm³/mol. The average Bonchev–Trinajstić information content (AvgIpc) is 3.02. The van der Waals surface area contributed by atoms with Crippen LogP contribution < -0.4 is 10.6 Å². The summed E-state index contributed by atoms with van der Waals surface area (Å²) in [5.41, 5.74) is 2.06. The zero-order chi connectivity index (χ0) is 17.8. The van der Waals surface area contributed by atoms with Crippen LogP contribution >= 0.6 is 0 Å². The van der Waals surface area contributed by atoms with Crippen molar-refractivity contribution in [3.8, 4) is 0 Å². The van der Waals surface area contributed by atoms with Crippen molar-refractivity contribution >= 4 is 33.9 Å². The molecule has 7 nitrogen and oxygen atoms in total. The Bertz CT molecular complexity index is 933. The molecule has 0 atom stereocenters. The number of nitrogens with one attached hydrogen (secondary N) is 2. The summed E-state index contributed by atoms with van der Waals surface area (Å²) in [6.07, 6.45) is 2.01. The van der Waals surface area contributed by atoms with Crippen molar-refractivity contribution in [3.63, 3.8) is 0 Å². The van der Waals surface area contributed by atoms with E-state index in [1.165, 1.54) is 6.07 Å². The smallest absolute Gasteiger partial charge is 0.292 e. The number of rotatable bonds is 6. The van der Waals surface area contributed by atoms with Crippen molar-refractivity contribution in [1.29, 1.82) is 0 Å². The Labute approximate surface area is 144 Å². The zero-order valence-electron chi connectivity index (χ0n) is 13.7. The Morgan fingerprint density at radius 2 is 2.00 bits per heavy atom. The van der Waals surface area contributed by atoms with Gasteiger partial charge in [-0.1, -0.05) is 12.1 Å². The van der Waals surface area contributed by atoms with Gasteiger partial charge in [0.2, 0.25) is 5.91 Å². The quantitative estimate of drug-likeness (QED) is 0.531. The molecule has 3 aromatic rings. The topological polar surface area (TPSA) is 89.2 Å². The van der Waals surface area contributed by atoms with Crippen LogP contribution in [0.25, 0.3) is 10.9 Å². The number of nitro groups is 1. The lowest BCUT2D eigenvalue weighted by Crippen LogP contribution is -2.22. The molecule has 0 aliphatic carbocycles. The van der Waals surface area contributed by atoms with E-state index in [0.29, 0.717) is 11.4 Å². The highest BCUT2D eigenvalue weighted by atomic mass is 16.6. The van der Waals surface area contributed by atoms with Crippen molar-refractivity contribution in [3.05, 3.63) is 64.8 Å². The molecule has 7 heteroatoms. The van der Waals surface area contributed by atoms with E-state index in [1.807, 2.05) is 30.5 Å². The number of carbonyl (C=O) groups excluding carboxylic acids is 1. The summed E-state index contributed by atoms with van der Waals surface area (Å²) in [7, 11) is 0. The number of aryl methyl sites for hydroxylation is 1. The monoisotopic (exact) mass is 338 g/mol. The summed E-state index contributed by atoms with van der Waals surface area (Å²) in [4.78, 5) is 22.6. The van der Waals surface area contributed by atoms with Crippen LogP contribution in [0.5, 0.6) is 0 Å². The molecular formula is C18H18N4O3. The number of hydrogen-bond acceptors (Lipinski definition) is 4. The molecule has 0 spiro atoms. The first kappa shape index (κ1) is 16.5. The summed E-state index contributed by atoms with van der Waals surface area (Å²) in [5, 5.41) is 17.6. The highest BCUT2D eigenvalue weighted by molar-refractivity contribution is 5.96. The SMILES string of the molecule is CCn1ccc2cc(NC(=O)CNc3ccccc3[N+](=O)[O-])ccc21. The average molecular weight is 338 g/mol. The van der Waals surface area contributed by atoms with Gasteiger partial charge in [-0.05, 0) is 37.3 Å². The summed E-state index contributed by atoms with van der Waals surface area (Å²) in [6, 6.07) is 13.9. The lowest BCUT2D eigenvalue weighted by atomic mass is 10.2. The molecule has 0 saturated carbocycles. The molecule has 25 heavy (non-hydrogen) atoms. The molecule has 2 aromatic carbocycles. The Hall–Kier alpha value is -3.35. The highest BCUT2D eigenvalue weighted by Gasteiger charge is 2.13. The van der Waals surface area contributed by atoms with Gasteiger partial charge in [-0.15, -0.1) is 0 Å². The maximum atomic E-state index is 12.1. The second kappa shape index (κ2) is 7.04. The van der Waals surface area contributed by atoms with Gasteiger partial charge in [-0.2, -0.15) is 0 Å². The number of carbonyl (C=O) groups is 1. The largest absolute Gasteiger partial charge is 0.371 e. The van der Waals surface area contributed by atoms with E-state index in [2.05, 4.69) is 22.1 Å². The van der Waals surface area contributed by atoms with E-state index in [1.54, 1.807) is 18.2 Å². The standard InChI is InChI=1S/C18H18N4O3/c1-2-21-10-9-13-11-14(7-8-16(13)21)20-18(23)12-19-15-5-3-4-6-17(15)22(24)25/h3-11,19H,2,12H2,1H3,(H,20,23). The van der Waals surface area contributed by atoms with Crippen LogP contribution in [-0.2, 0) is 11.3 Å². The first-order chi connectivity index (χ1) is 12.1. The molecular weight excluding hydrogens is 320 g/mol. The van der Waals surface area contributed by atoms with Crippen molar-refractivity contribution in [2.24, 2.45) is 0 Å². The lowest BCUT2D eigenvalue weighted by molar-refractivity contribution is -0.383. The second-order valence-electron chi connectivity index (χ2n) is 5.55. The normalized spacial score (nSPS) is 10.6. The van der Waals surface area contributed by atoms with Crippen LogP contribution in [0.4, 0.5) is 17.1 Å². The molecule has 0 bridgehead atoms. The van der Waals surface area contributed by atoms with E-state index in [-0.39, 0.29) is 18.1 Å². The van der Waals surface area contributed by atoms with Gasteiger partial charge in [-0.3, -0.25) is 14.9 Å². The van der Waals surface area contributed by atoms with Crippen LogP contribution in [0, 0.1) is 10.1 Å². The van der Waals surface area contributed by atoms with Gasteiger partial charge in [0.05, 0.1) is 11.5 Å². The minimum atomic E-state index is -0.480. The van der Waals surface area contributed by atoms with E-state index in [0.717, 1.165) is 17.4 Å². The minimum absolute atomic E-state index is 0.0567. The number of hydrogen-bond donors (Lipinski definition) is 2. The molecule has 0 radical (unpaired) electrons. The Kier molecular flexibility index (Phi) is 4.65. The van der Waals surface area contributed by atoms with Crippen molar-refractivity contribution in [2.45, 2.75) is 13.5 Å². The Balaban J connectivity index is 1.66. The minimum Gasteiger partial charge on any atom is -0.371 e. The number of nitrogens with zero attached hydrogens (tertiary/aromatic N) is 2. The molecule has 1 aromatic heterocycles. The van der Waals surface area contributed by atoms with Crippen LogP contribution in [0.15, 0.2) is 54.7 Å². The molecule has 3 rings (SSSR count). The Morgan fingerprint density at radius 1 is 1.20 bits per heavy atom. The van der Waals surface area contributed by atoms with Crippen molar-refractivity contribution in [1.82, 2.24) is 4.57 Å². The first-order valence-electron chi connectivity index (χ1n) is 7.94. The molecule has 2 N–H and O–H groups in total. The fourth-order valence-electron chi connectivity index (χ4n) is 2.72. The number of anilines is 2. The molecule has 0 aliphatic heterocycles. The van der Waals surface area contributed by atoms with Crippen LogP contribution in [-0.4, -0.2) is 21.9 Å². The number of benzene rings is 2. The Morgan fingerprint density at radius 3 is 2.76 bits per heavy atom. The molecule has 0 aliphatic rings. The van der Waals surface area contributed by atoms with Gasteiger partial charge >= 0.3 is 0 Å². The summed E-state index contributed by atoms with van der Waals surface area (Å²) < 4.78 is 2.12. The maximum absolute atomic E-state index is 12.1. The zero-order valence-corrected chi connectivity index (χ0v) is 13.7. The molecule has 128 valence electrons. The van der Waals surface area contributed by atoms with Gasteiger partial charge in [0.15, 0.2) is 0 Å². The summed E-state index contributed by atoms with van der Waals surface area (Å²) in [5.74, 6) is -0.271. The predicted octanol–water partition coefficient (Wildman–Crippen LogP) is 3.62. The van der Waals surface area contributed by atoms with E-state index < -0.39 is 4.92 Å². The second-order valence-corrected chi connectivity index (χ2v) is 5.55. The molecule has 0 fully saturated rings. The summed E-state index contributed by atoms with van der Waals surface area (Å²) >= 11 is 0. The van der Waals surface area contributed by atoms with Crippen LogP contribution in [0.1, 0.15) is 6.92 Å². The molecule has 0 unspecified atom stereocenters. The molecule has 0 saturated heterocycles. The van der Waals surface area contributed by atoms with Gasteiger partial charge in [0, 0.05) is 35.4 Å². The summed E-state index contributed by atoms with van der Waals surface area (Å²) in [6.45, 7) is 2.90. The third-order valence-corrected chi connectivity index (χ3v) is 3.94. The van der Waals surface area contributed by atoms with Gasteiger partial charge in [-0.25, -0.2) is 0 Å². The fourth-order valence-corrected chi connectivity index (χ4v) is 2.72. The lowest BCUT2D eigenvalue weighted by Gasteiger charge is -2.09. The first-order valence-corrected chi connectivity index (χ1v) is 7.94. The number of amides is 1. The van der Waals surface area contributed by atoms with Gasteiger partial charge < -0.3 is 15.2 Å². The van der Waals surface area contributed by atoms with Crippen LogP contribution in [0.3, 0.4) is 0 Å². The third-order valence-electron chi connectivity index (χ3n) is 3.94. The number of para-hydroxylation sites is 2. The molecule has 1 heterocycles. The van der Waals surface area contributed by atoms with E-state index in [9.17, 15) is 14.9 Å². The van der Waals surface area contributed by atoms with E-state index in [4.69, 9.17) is 0 Å². The van der Waals surface area contributed by atoms with Crippen molar-refractivity contribution in [2.75, 3.05) is 17.2 Å².